The van der Waals surface area contributed by atoms with E-state index in [-0.39, 0.29) is 17.7 Å². The Morgan fingerprint density at radius 1 is 1.28 bits per heavy atom. The highest BCUT2D eigenvalue weighted by Crippen LogP contribution is 2.22. The van der Waals surface area contributed by atoms with Crippen LogP contribution in [0.3, 0.4) is 0 Å². The van der Waals surface area contributed by atoms with E-state index in [1.807, 2.05) is 19.1 Å². The minimum Gasteiger partial charge on any atom is -0.530 e. The standard InChI is InChI=1S/C18H29N3O2.C8H9N3O2/c1-6-19-17(22)20(5)15-9-7-14(8-10-15)16-13-21(11-12-23-16)18(2,3)4;12-8(13)11-2-1-6-3-9-5-10-7(6)4-11/h7-10,16H,6,11-13H2,1-5H3,(H,19,22);3,5H,1-2,4H2,(H,12,13). The fraction of sp³-hybridized carbons (Fsp3) is 0.538. The number of ether oxygens (including phenoxy) is 1. The predicted molar refractivity (Wildman–Crippen MR) is 135 cm³/mol. The van der Waals surface area contributed by atoms with E-state index in [0.29, 0.717) is 26.1 Å². The highest BCUT2D eigenvalue weighted by atomic mass is 16.5. The summed E-state index contributed by atoms with van der Waals surface area (Å²) in [5.74, 6) is 0. The van der Waals surface area contributed by atoms with E-state index in [0.717, 1.165) is 36.6 Å². The molecule has 3 heterocycles. The van der Waals surface area contributed by atoms with Crippen molar-refractivity contribution in [3.8, 4) is 0 Å². The van der Waals surface area contributed by atoms with Crippen molar-refractivity contribution in [3.63, 3.8) is 0 Å². The van der Waals surface area contributed by atoms with Gasteiger partial charge in [0.25, 0.3) is 0 Å². The number of nitrogens with zero attached hydrogens (tertiary/aromatic N) is 4. The molecule has 2 aliphatic rings. The van der Waals surface area contributed by atoms with Crippen molar-refractivity contribution < 1.29 is 24.3 Å². The van der Waals surface area contributed by atoms with Crippen LogP contribution in [0.15, 0.2) is 36.8 Å². The van der Waals surface area contributed by atoms with Gasteiger partial charge in [0.2, 0.25) is 0 Å². The first kappa shape index (κ1) is 27.3. The number of benzene rings is 1. The number of carbonyl (C=O) groups excluding carboxylic acids is 2. The first-order chi connectivity index (χ1) is 17.1. The van der Waals surface area contributed by atoms with E-state index in [9.17, 15) is 14.7 Å². The lowest BCUT2D eigenvalue weighted by Crippen LogP contribution is -3.20. The molecule has 10 nitrogen and oxygen atoms in total. The van der Waals surface area contributed by atoms with Gasteiger partial charge in [0.05, 0.1) is 24.4 Å². The Balaban J connectivity index is 0.000000233. The molecular weight excluding hydrogens is 460 g/mol. The Bertz CT molecular complexity index is 1020. The highest BCUT2D eigenvalue weighted by Gasteiger charge is 2.32. The molecule has 0 aliphatic carbocycles. The third-order valence-corrected chi connectivity index (χ3v) is 6.63. The molecule has 2 N–H and O–H groups in total. The van der Waals surface area contributed by atoms with Crippen LogP contribution < -0.4 is 20.2 Å². The molecule has 196 valence electrons. The van der Waals surface area contributed by atoms with Crippen molar-refractivity contribution in [2.75, 3.05) is 44.7 Å². The van der Waals surface area contributed by atoms with Gasteiger partial charge in [0, 0.05) is 32.0 Å². The van der Waals surface area contributed by atoms with Crippen LogP contribution in [0, 0.1) is 0 Å². The number of nitrogens with one attached hydrogen (secondary N) is 2. The molecule has 0 spiro atoms. The number of anilines is 1. The number of fused-ring (bicyclic) bond motifs is 1. The number of quaternary nitrogens is 1. The molecule has 2 aliphatic heterocycles. The van der Waals surface area contributed by atoms with Crippen LogP contribution in [0.25, 0.3) is 0 Å². The smallest absolute Gasteiger partial charge is 0.321 e. The maximum atomic E-state index is 11.9. The second-order valence-electron chi connectivity index (χ2n) is 10.1. The summed E-state index contributed by atoms with van der Waals surface area (Å²) in [6.07, 6.45) is 2.82. The SMILES string of the molecule is CCNC(=O)N(C)c1ccc(C2C[NH+](C(C)(C)C)CCO2)cc1.O=C([O-])N1CCc2cncnc2C1. The summed E-state index contributed by atoms with van der Waals surface area (Å²) in [6.45, 7) is 13.0. The second-order valence-corrected chi connectivity index (χ2v) is 10.1. The second kappa shape index (κ2) is 12.1. The van der Waals surface area contributed by atoms with Crippen molar-refractivity contribution >= 4 is 17.8 Å². The van der Waals surface area contributed by atoms with Gasteiger partial charge in [-0.25, -0.2) is 14.8 Å². The van der Waals surface area contributed by atoms with Crippen LogP contribution in [0.4, 0.5) is 15.3 Å². The number of carbonyl (C=O) groups is 2. The van der Waals surface area contributed by atoms with E-state index in [2.05, 4.69) is 48.2 Å². The fourth-order valence-corrected chi connectivity index (χ4v) is 4.31. The van der Waals surface area contributed by atoms with Gasteiger partial charge in [-0.2, -0.15) is 0 Å². The fourth-order valence-electron chi connectivity index (χ4n) is 4.31. The first-order valence-corrected chi connectivity index (χ1v) is 12.4. The quantitative estimate of drug-likeness (QED) is 0.647. The normalized spacial score (nSPS) is 19.4. The molecule has 36 heavy (non-hydrogen) atoms. The third kappa shape index (κ3) is 7.14. The molecule has 0 bridgehead atoms. The molecule has 2 aromatic rings. The summed E-state index contributed by atoms with van der Waals surface area (Å²) in [5.41, 5.74) is 4.11. The number of aromatic nitrogens is 2. The average molecular weight is 499 g/mol. The van der Waals surface area contributed by atoms with Crippen LogP contribution in [-0.2, 0) is 17.7 Å². The van der Waals surface area contributed by atoms with Crippen molar-refractivity contribution in [1.29, 1.82) is 0 Å². The lowest BCUT2D eigenvalue weighted by Gasteiger charge is -2.38. The minimum absolute atomic E-state index is 0.0856. The number of urea groups is 1. The third-order valence-electron chi connectivity index (χ3n) is 6.63. The molecule has 1 aromatic heterocycles. The van der Waals surface area contributed by atoms with Crippen LogP contribution in [0.2, 0.25) is 0 Å². The van der Waals surface area contributed by atoms with Gasteiger partial charge in [-0.1, -0.05) is 12.1 Å². The summed E-state index contributed by atoms with van der Waals surface area (Å²) in [5, 5.41) is 13.3. The molecule has 0 saturated carbocycles. The molecule has 1 fully saturated rings. The van der Waals surface area contributed by atoms with Gasteiger partial charge in [0.1, 0.15) is 31.6 Å². The number of amides is 3. The summed E-state index contributed by atoms with van der Waals surface area (Å²) < 4.78 is 5.96. The number of carboxylic acid groups (broad SMARTS) is 1. The minimum atomic E-state index is -1.13. The van der Waals surface area contributed by atoms with E-state index < -0.39 is 6.09 Å². The topological polar surface area (TPSA) is 115 Å². The maximum absolute atomic E-state index is 11.9. The number of hydrogen-bond acceptors (Lipinski definition) is 6. The van der Waals surface area contributed by atoms with Gasteiger partial charge in [-0.3, -0.25) is 4.90 Å². The predicted octanol–water partition coefficient (Wildman–Crippen LogP) is 0.785. The largest absolute Gasteiger partial charge is 0.530 e. The molecule has 2 atom stereocenters. The zero-order valence-electron chi connectivity index (χ0n) is 21.9. The zero-order chi connectivity index (χ0) is 26.3. The van der Waals surface area contributed by atoms with Crippen LogP contribution in [-0.4, -0.2) is 72.4 Å². The Labute approximate surface area is 213 Å². The molecule has 3 amide bonds. The van der Waals surface area contributed by atoms with E-state index in [1.165, 1.54) is 16.8 Å². The number of morpholine rings is 1. The molecule has 1 saturated heterocycles. The van der Waals surface area contributed by atoms with Crippen molar-refractivity contribution in [2.24, 2.45) is 0 Å². The van der Waals surface area contributed by atoms with Gasteiger partial charge in [0.15, 0.2) is 0 Å². The Morgan fingerprint density at radius 2 is 2.00 bits per heavy atom. The Kier molecular flexibility index (Phi) is 9.22. The average Bonchev–Trinajstić information content (AvgIpc) is 2.88. The summed E-state index contributed by atoms with van der Waals surface area (Å²) >= 11 is 0. The monoisotopic (exact) mass is 498 g/mol. The Morgan fingerprint density at radius 3 is 2.64 bits per heavy atom. The number of hydrogen-bond donors (Lipinski definition) is 2. The van der Waals surface area contributed by atoms with Gasteiger partial charge >= 0.3 is 6.03 Å². The number of rotatable bonds is 3. The maximum Gasteiger partial charge on any atom is 0.321 e. The van der Waals surface area contributed by atoms with Crippen LogP contribution >= 0.6 is 0 Å². The van der Waals surface area contributed by atoms with Gasteiger partial charge in [-0.05, 0) is 57.4 Å². The van der Waals surface area contributed by atoms with E-state index in [1.54, 1.807) is 23.0 Å². The van der Waals surface area contributed by atoms with Crippen LogP contribution in [0.5, 0.6) is 0 Å². The van der Waals surface area contributed by atoms with Crippen LogP contribution in [0.1, 0.15) is 50.6 Å². The lowest BCUT2D eigenvalue weighted by atomic mass is 10.0. The van der Waals surface area contributed by atoms with E-state index >= 15 is 0 Å². The highest BCUT2D eigenvalue weighted by molar-refractivity contribution is 5.91. The first-order valence-electron chi connectivity index (χ1n) is 12.4. The molecule has 4 rings (SSSR count). The van der Waals surface area contributed by atoms with Gasteiger partial charge < -0.3 is 29.8 Å². The van der Waals surface area contributed by atoms with Gasteiger partial charge in [-0.15, -0.1) is 0 Å². The molecular formula is C26H38N6O4. The molecule has 2 unspecified atom stereocenters. The summed E-state index contributed by atoms with van der Waals surface area (Å²) in [6, 6.07) is 8.03. The summed E-state index contributed by atoms with van der Waals surface area (Å²) in [4.78, 5) is 34.7. The summed E-state index contributed by atoms with van der Waals surface area (Å²) in [7, 11) is 1.78. The van der Waals surface area contributed by atoms with Crippen molar-refractivity contribution in [3.05, 3.63) is 53.6 Å². The molecule has 10 heteroatoms. The lowest BCUT2D eigenvalue weighted by molar-refractivity contribution is -0.957. The molecule has 1 aromatic carbocycles. The van der Waals surface area contributed by atoms with E-state index in [4.69, 9.17) is 4.74 Å². The molecule has 0 radical (unpaired) electrons. The Hall–Kier alpha value is -3.24. The zero-order valence-corrected chi connectivity index (χ0v) is 21.9. The van der Waals surface area contributed by atoms with Crippen molar-refractivity contribution in [2.45, 2.75) is 52.3 Å². The van der Waals surface area contributed by atoms with Crippen molar-refractivity contribution in [1.82, 2.24) is 20.2 Å².